The molecule has 8 nitrogen and oxygen atoms in total. The molecule has 13 heteroatoms. The van der Waals surface area contributed by atoms with Gasteiger partial charge >= 0.3 is 0 Å². The average Bonchev–Trinajstić information content (AvgIpc) is 3.32. The van der Waals surface area contributed by atoms with Gasteiger partial charge in [-0.2, -0.15) is 5.26 Å². The molecule has 1 saturated carbocycles. The first-order valence-corrected chi connectivity index (χ1v) is 13.6. The molecule has 2 heterocycles. The van der Waals surface area contributed by atoms with E-state index in [2.05, 4.69) is 10.3 Å². The molecule has 42 heavy (non-hydrogen) atoms. The molecule has 2 aromatic rings. The molecular formula is C29H24ClF4N5O3. The molecule has 4 atom stereocenters. The highest BCUT2D eigenvalue weighted by atomic mass is 35.5. The van der Waals surface area contributed by atoms with E-state index in [-0.39, 0.29) is 18.5 Å². The first kappa shape index (κ1) is 29.3. The normalized spacial score (nSPS) is 23.7. The first-order valence-electron chi connectivity index (χ1n) is 13.1. The topological polar surface area (TPSA) is 106 Å². The summed E-state index contributed by atoms with van der Waals surface area (Å²) in [6.07, 6.45) is 6.06. The molecule has 0 radical (unpaired) electrons. The monoisotopic (exact) mass is 601 g/mol. The molecule has 2 aliphatic carbocycles. The van der Waals surface area contributed by atoms with Crippen molar-refractivity contribution in [1.82, 2.24) is 10.3 Å². The number of rotatable bonds is 7. The summed E-state index contributed by atoms with van der Waals surface area (Å²) in [4.78, 5) is 47.0. The zero-order valence-corrected chi connectivity index (χ0v) is 22.6. The van der Waals surface area contributed by atoms with Gasteiger partial charge in [0, 0.05) is 43.1 Å². The number of allylic oxidation sites excluding steroid dienone is 3. The van der Waals surface area contributed by atoms with Gasteiger partial charge in [-0.05, 0) is 30.7 Å². The van der Waals surface area contributed by atoms with Crippen LogP contribution in [0.25, 0.3) is 0 Å². The van der Waals surface area contributed by atoms with Gasteiger partial charge in [0.25, 0.3) is 11.8 Å². The predicted octanol–water partition coefficient (Wildman–Crippen LogP) is 4.39. The van der Waals surface area contributed by atoms with E-state index in [4.69, 9.17) is 11.6 Å². The number of anilines is 2. The van der Waals surface area contributed by atoms with Crippen LogP contribution in [0.5, 0.6) is 0 Å². The van der Waals surface area contributed by atoms with Crippen LogP contribution in [0, 0.1) is 28.9 Å². The molecule has 1 aliphatic heterocycles. The highest BCUT2D eigenvalue weighted by Gasteiger charge is 2.50. The molecule has 1 saturated heterocycles. The predicted molar refractivity (Wildman–Crippen MR) is 145 cm³/mol. The second kappa shape index (κ2) is 11.6. The van der Waals surface area contributed by atoms with E-state index >= 15 is 4.39 Å². The van der Waals surface area contributed by atoms with Crippen molar-refractivity contribution in [2.24, 2.45) is 5.92 Å². The van der Waals surface area contributed by atoms with E-state index in [1.165, 1.54) is 12.1 Å². The van der Waals surface area contributed by atoms with Crippen LogP contribution in [-0.2, 0) is 14.4 Å². The number of hydrogen-bond donors (Lipinski definition) is 1. The molecule has 4 unspecified atom stereocenters. The van der Waals surface area contributed by atoms with Crippen molar-refractivity contribution >= 4 is 40.8 Å². The van der Waals surface area contributed by atoms with Gasteiger partial charge in [-0.15, -0.1) is 11.6 Å². The summed E-state index contributed by atoms with van der Waals surface area (Å²) in [5.41, 5.74) is -0.462. The van der Waals surface area contributed by atoms with Gasteiger partial charge in [0.05, 0.1) is 10.9 Å². The Hall–Kier alpha value is -4.24. The SMILES string of the molecule is N#Cc1ccnc(N2C(=O)CCC2C(=O)N(c2cccc(F)c2)C(C(=O)NC2CC(F)(F)C2)C2C=CC=CC2Cl)c1F. The maximum absolute atomic E-state index is 15.2. The Kier molecular flexibility index (Phi) is 8.06. The van der Waals surface area contributed by atoms with Crippen LogP contribution < -0.4 is 15.1 Å². The fraction of sp³-hybridized carbons (Fsp3) is 0.345. The number of halogens is 5. The van der Waals surface area contributed by atoms with Crippen LogP contribution in [0.2, 0.25) is 0 Å². The average molecular weight is 602 g/mol. The third-order valence-electron chi connectivity index (χ3n) is 7.50. The van der Waals surface area contributed by atoms with Crippen LogP contribution in [0.4, 0.5) is 29.1 Å². The summed E-state index contributed by atoms with van der Waals surface area (Å²) in [6.45, 7) is 0. The van der Waals surface area contributed by atoms with Crippen molar-refractivity contribution in [3.05, 3.63) is 78.0 Å². The maximum atomic E-state index is 15.2. The number of hydrogen-bond acceptors (Lipinski definition) is 5. The number of aromatic nitrogens is 1. The second-order valence-electron chi connectivity index (χ2n) is 10.3. The lowest BCUT2D eigenvalue weighted by atomic mass is 9.86. The lowest BCUT2D eigenvalue weighted by molar-refractivity contribution is -0.133. The number of alkyl halides is 3. The van der Waals surface area contributed by atoms with E-state index in [0.717, 1.165) is 34.2 Å². The van der Waals surface area contributed by atoms with Gasteiger partial charge < -0.3 is 5.32 Å². The molecule has 0 spiro atoms. The third-order valence-corrected chi connectivity index (χ3v) is 7.93. The van der Waals surface area contributed by atoms with E-state index in [9.17, 15) is 32.8 Å². The number of nitriles is 1. The summed E-state index contributed by atoms with van der Waals surface area (Å²) in [6, 6.07) is 3.88. The van der Waals surface area contributed by atoms with Crippen molar-refractivity contribution in [2.45, 2.75) is 55.1 Å². The standard InChI is InChI=1S/C29H24ClF4N5O3/c30-21-7-2-1-6-20(21)25(27(41)37-18-13-29(33,34)14-18)38(19-5-3-4-17(31)12-19)28(42)22-8-9-23(40)39(22)26-24(32)16(15-35)10-11-36-26/h1-7,10-12,18,20-22,25H,8-9,13-14H2,(H,37,41). The smallest absolute Gasteiger partial charge is 0.252 e. The summed E-state index contributed by atoms with van der Waals surface area (Å²) >= 11 is 6.58. The number of benzene rings is 1. The number of amides is 3. The van der Waals surface area contributed by atoms with Crippen molar-refractivity contribution in [1.29, 1.82) is 5.26 Å². The fourth-order valence-electron chi connectivity index (χ4n) is 5.47. The molecule has 2 fully saturated rings. The quantitative estimate of drug-likeness (QED) is 0.374. The number of pyridine rings is 1. The summed E-state index contributed by atoms with van der Waals surface area (Å²) in [5, 5.41) is 11.0. The number of nitrogens with one attached hydrogen (secondary N) is 1. The Morgan fingerprint density at radius 1 is 1.19 bits per heavy atom. The summed E-state index contributed by atoms with van der Waals surface area (Å²) in [5.74, 6) is -8.55. The van der Waals surface area contributed by atoms with Crippen molar-refractivity contribution in [3.63, 3.8) is 0 Å². The molecule has 3 aliphatic rings. The molecule has 3 amide bonds. The molecular weight excluding hydrogens is 578 g/mol. The minimum atomic E-state index is -2.94. The Labute approximate surface area is 243 Å². The lowest BCUT2D eigenvalue weighted by Gasteiger charge is -2.41. The van der Waals surface area contributed by atoms with Crippen molar-refractivity contribution in [3.8, 4) is 6.07 Å². The van der Waals surface area contributed by atoms with Gasteiger partial charge in [-0.1, -0.05) is 30.4 Å². The highest BCUT2D eigenvalue weighted by Crippen LogP contribution is 2.39. The molecule has 218 valence electrons. The number of carbonyl (C=O) groups excluding carboxylic acids is 3. The molecule has 0 bridgehead atoms. The summed E-state index contributed by atoms with van der Waals surface area (Å²) in [7, 11) is 0. The Balaban J connectivity index is 1.59. The zero-order chi connectivity index (χ0) is 30.2. The Morgan fingerprint density at radius 3 is 2.60 bits per heavy atom. The van der Waals surface area contributed by atoms with Gasteiger partial charge in [0.1, 0.15) is 24.0 Å². The van der Waals surface area contributed by atoms with Gasteiger partial charge in [0.15, 0.2) is 11.6 Å². The Bertz CT molecular complexity index is 1520. The highest BCUT2D eigenvalue weighted by molar-refractivity contribution is 6.22. The van der Waals surface area contributed by atoms with Gasteiger partial charge in [-0.25, -0.2) is 22.5 Å². The molecule has 1 aromatic carbocycles. The lowest BCUT2D eigenvalue weighted by Crippen LogP contribution is -2.62. The first-order chi connectivity index (χ1) is 20.0. The van der Waals surface area contributed by atoms with Crippen LogP contribution in [-0.4, -0.2) is 52.1 Å². The minimum absolute atomic E-state index is 0.0654. The van der Waals surface area contributed by atoms with Crippen molar-refractivity contribution < 1.29 is 31.9 Å². The third kappa shape index (κ3) is 5.61. The van der Waals surface area contributed by atoms with Crippen LogP contribution in [0.15, 0.2) is 60.8 Å². The second-order valence-corrected chi connectivity index (χ2v) is 10.8. The van der Waals surface area contributed by atoms with E-state index in [1.807, 2.05) is 0 Å². The molecule has 1 N–H and O–H groups in total. The van der Waals surface area contributed by atoms with E-state index < -0.39 is 88.9 Å². The van der Waals surface area contributed by atoms with Gasteiger partial charge in [0.2, 0.25) is 11.8 Å². The van der Waals surface area contributed by atoms with Crippen LogP contribution >= 0.6 is 11.6 Å². The molecule has 1 aromatic heterocycles. The van der Waals surface area contributed by atoms with Crippen LogP contribution in [0.1, 0.15) is 31.2 Å². The fourth-order valence-corrected chi connectivity index (χ4v) is 5.78. The maximum Gasteiger partial charge on any atom is 0.252 e. The van der Waals surface area contributed by atoms with Gasteiger partial charge in [-0.3, -0.25) is 24.2 Å². The minimum Gasteiger partial charge on any atom is -0.351 e. The summed E-state index contributed by atoms with van der Waals surface area (Å²) < 4.78 is 56.9. The van der Waals surface area contributed by atoms with E-state index in [0.29, 0.717) is 0 Å². The Morgan fingerprint density at radius 2 is 1.93 bits per heavy atom. The van der Waals surface area contributed by atoms with E-state index in [1.54, 1.807) is 30.4 Å². The molecule has 5 rings (SSSR count). The number of carbonyl (C=O) groups is 3. The van der Waals surface area contributed by atoms with Crippen LogP contribution in [0.3, 0.4) is 0 Å². The number of nitrogens with zero attached hydrogens (tertiary/aromatic N) is 4. The van der Waals surface area contributed by atoms with Crippen molar-refractivity contribution in [2.75, 3.05) is 9.80 Å². The zero-order valence-electron chi connectivity index (χ0n) is 21.9. The largest absolute Gasteiger partial charge is 0.351 e.